The van der Waals surface area contributed by atoms with Crippen LogP contribution in [0.1, 0.15) is 30.9 Å². The summed E-state index contributed by atoms with van der Waals surface area (Å²) in [6.45, 7) is 7.86. The highest BCUT2D eigenvalue weighted by Gasteiger charge is 2.10. The fourth-order valence-electron chi connectivity index (χ4n) is 1.92. The zero-order chi connectivity index (χ0) is 13.0. The Morgan fingerprint density at radius 2 is 1.94 bits per heavy atom. The molecule has 0 heterocycles. The van der Waals surface area contributed by atoms with Gasteiger partial charge in [0.05, 0.1) is 0 Å². The van der Waals surface area contributed by atoms with Gasteiger partial charge in [0, 0.05) is 31.9 Å². The van der Waals surface area contributed by atoms with Crippen LogP contribution in [0.3, 0.4) is 0 Å². The summed E-state index contributed by atoms with van der Waals surface area (Å²) in [6, 6.07) is 6.65. The van der Waals surface area contributed by atoms with Gasteiger partial charge in [0.25, 0.3) is 0 Å². The minimum Gasteiger partial charge on any atom is -0.373 e. The molecule has 1 aromatic carbocycles. The van der Waals surface area contributed by atoms with Crippen molar-refractivity contribution in [3.63, 3.8) is 0 Å². The molecule has 4 N–H and O–H groups in total. The van der Waals surface area contributed by atoms with E-state index in [-0.39, 0.29) is 6.04 Å². The molecular formula is C14H25N3. The lowest BCUT2D eigenvalue weighted by Gasteiger charge is -2.25. The molecule has 0 spiro atoms. The zero-order valence-corrected chi connectivity index (χ0v) is 11.4. The molecule has 0 bridgehead atoms. The number of aryl methyl sites for hydroxylation is 1. The summed E-state index contributed by atoms with van der Waals surface area (Å²) in [7, 11) is 2.07. The molecule has 1 aromatic rings. The van der Waals surface area contributed by atoms with Gasteiger partial charge in [-0.15, -0.1) is 0 Å². The van der Waals surface area contributed by atoms with Crippen LogP contribution in [0.5, 0.6) is 0 Å². The Hall–Kier alpha value is -1.06. The van der Waals surface area contributed by atoms with Crippen LogP contribution in [0.4, 0.5) is 5.69 Å². The summed E-state index contributed by atoms with van der Waals surface area (Å²) in [4.78, 5) is 2.19. The van der Waals surface area contributed by atoms with E-state index in [4.69, 9.17) is 11.5 Å². The Balaban J connectivity index is 2.91. The first kappa shape index (κ1) is 14.0. The molecule has 96 valence electrons. The van der Waals surface area contributed by atoms with Gasteiger partial charge in [0.15, 0.2) is 0 Å². The minimum absolute atomic E-state index is 0.0297. The molecule has 3 heteroatoms. The third-order valence-corrected chi connectivity index (χ3v) is 3.12. The van der Waals surface area contributed by atoms with Gasteiger partial charge in [0.2, 0.25) is 0 Å². The Bertz CT molecular complexity index is 360. The molecule has 1 rings (SSSR count). The van der Waals surface area contributed by atoms with E-state index >= 15 is 0 Å². The van der Waals surface area contributed by atoms with E-state index in [2.05, 4.69) is 50.9 Å². The highest BCUT2D eigenvalue weighted by molar-refractivity contribution is 5.55. The Morgan fingerprint density at radius 3 is 2.47 bits per heavy atom. The van der Waals surface area contributed by atoms with Crippen molar-refractivity contribution < 1.29 is 0 Å². The van der Waals surface area contributed by atoms with Crippen molar-refractivity contribution in [2.24, 2.45) is 11.5 Å². The van der Waals surface area contributed by atoms with Crippen molar-refractivity contribution in [2.75, 3.05) is 25.0 Å². The van der Waals surface area contributed by atoms with E-state index in [0.717, 1.165) is 6.54 Å². The number of benzene rings is 1. The van der Waals surface area contributed by atoms with Crippen LogP contribution in [0.25, 0.3) is 0 Å². The van der Waals surface area contributed by atoms with Crippen molar-refractivity contribution in [1.29, 1.82) is 0 Å². The van der Waals surface area contributed by atoms with Gasteiger partial charge < -0.3 is 16.4 Å². The van der Waals surface area contributed by atoms with Gasteiger partial charge >= 0.3 is 0 Å². The van der Waals surface area contributed by atoms with Crippen LogP contribution in [0.15, 0.2) is 18.2 Å². The molecule has 3 nitrogen and oxygen atoms in total. The van der Waals surface area contributed by atoms with E-state index in [9.17, 15) is 0 Å². The number of likely N-dealkylation sites (N-methyl/N-ethyl adjacent to an activating group) is 1. The largest absolute Gasteiger partial charge is 0.373 e. The van der Waals surface area contributed by atoms with Crippen LogP contribution in [0, 0.1) is 6.92 Å². The molecule has 0 radical (unpaired) electrons. The second kappa shape index (κ2) is 6.03. The second-order valence-corrected chi connectivity index (χ2v) is 5.08. The number of rotatable bonds is 5. The Kier molecular flexibility index (Phi) is 4.97. The molecule has 0 saturated carbocycles. The SMILES string of the molecule is Cc1ccc(C(C)C)cc1N(C)CC(N)CN. The monoisotopic (exact) mass is 235 g/mol. The predicted molar refractivity (Wildman–Crippen MR) is 75.6 cm³/mol. The predicted octanol–water partition coefficient (Wildman–Crippen LogP) is 1.84. The third kappa shape index (κ3) is 3.72. The molecule has 0 aromatic heterocycles. The number of nitrogens with two attached hydrogens (primary N) is 2. The van der Waals surface area contributed by atoms with E-state index < -0.39 is 0 Å². The van der Waals surface area contributed by atoms with Gasteiger partial charge in [-0.25, -0.2) is 0 Å². The highest BCUT2D eigenvalue weighted by atomic mass is 15.1. The standard InChI is InChI=1S/C14H25N3/c1-10(2)12-6-5-11(3)14(7-12)17(4)9-13(16)8-15/h5-7,10,13H,8-9,15-16H2,1-4H3. The van der Waals surface area contributed by atoms with Gasteiger partial charge in [0.1, 0.15) is 0 Å². The van der Waals surface area contributed by atoms with Gasteiger partial charge in [-0.3, -0.25) is 0 Å². The van der Waals surface area contributed by atoms with Crippen molar-refractivity contribution in [3.8, 4) is 0 Å². The Morgan fingerprint density at radius 1 is 1.29 bits per heavy atom. The van der Waals surface area contributed by atoms with E-state index in [1.807, 2.05) is 0 Å². The molecule has 0 aliphatic heterocycles. The van der Waals surface area contributed by atoms with E-state index in [1.165, 1.54) is 16.8 Å². The number of anilines is 1. The summed E-state index contributed by atoms with van der Waals surface area (Å²) in [6.07, 6.45) is 0. The summed E-state index contributed by atoms with van der Waals surface area (Å²) in [5.74, 6) is 0.547. The number of hydrogen-bond acceptors (Lipinski definition) is 3. The highest BCUT2D eigenvalue weighted by Crippen LogP contribution is 2.24. The van der Waals surface area contributed by atoms with Crippen LogP contribution in [-0.2, 0) is 0 Å². The molecule has 0 fully saturated rings. The molecule has 0 aliphatic rings. The maximum atomic E-state index is 5.89. The molecule has 17 heavy (non-hydrogen) atoms. The van der Waals surface area contributed by atoms with Gasteiger partial charge in [-0.05, 0) is 30.0 Å². The first-order chi connectivity index (χ1) is 7.95. The molecule has 0 amide bonds. The molecule has 1 unspecified atom stereocenters. The minimum atomic E-state index is 0.0297. The van der Waals surface area contributed by atoms with Crippen molar-refractivity contribution in [1.82, 2.24) is 0 Å². The third-order valence-electron chi connectivity index (χ3n) is 3.12. The molecule has 0 aliphatic carbocycles. The number of nitrogens with zero attached hydrogens (tertiary/aromatic N) is 1. The maximum absolute atomic E-state index is 5.89. The van der Waals surface area contributed by atoms with Crippen LogP contribution < -0.4 is 16.4 Å². The molecular weight excluding hydrogens is 210 g/mol. The van der Waals surface area contributed by atoms with E-state index in [0.29, 0.717) is 12.5 Å². The van der Waals surface area contributed by atoms with Crippen molar-refractivity contribution >= 4 is 5.69 Å². The quantitative estimate of drug-likeness (QED) is 0.819. The van der Waals surface area contributed by atoms with E-state index in [1.54, 1.807) is 0 Å². The normalized spacial score (nSPS) is 12.9. The number of hydrogen-bond donors (Lipinski definition) is 2. The van der Waals surface area contributed by atoms with Gasteiger partial charge in [-0.2, -0.15) is 0 Å². The smallest absolute Gasteiger partial charge is 0.0396 e. The zero-order valence-electron chi connectivity index (χ0n) is 11.4. The summed E-state index contributed by atoms with van der Waals surface area (Å²) >= 11 is 0. The lowest BCUT2D eigenvalue weighted by atomic mass is 10.00. The maximum Gasteiger partial charge on any atom is 0.0396 e. The Labute approximate surface area is 105 Å². The summed E-state index contributed by atoms with van der Waals surface area (Å²) < 4.78 is 0. The second-order valence-electron chi connectivity index (χ2n) is 5.08. The fraction of sp³-hybridized carbons (Fsp3) is 0.571. The van der Waals surface area contributed by atoms with Crippen LogP contribution >= 0.6 is 0 Å². The average Bonchev–Trinajstić information content (AvgIpc) is 2.28. The first-order valence-electron chi connectivity index (χ1n) is 6.23. The molecule has 1 atom stereocenters. The summed E-state index contributed by atoms with van der Waals surface area (Å²) in [5.41, 5.74) is 15.3. The summed E-state index contributed by atoms with van der Waals surface area (Å²) in [5, 5.41) is 0. The topological polar surface area (TPSA) is 55.3 Å². The van der Waals surface area contributed by atoms with Crippen molar-refractivity contribution in [3.05, 3.63) is 29.3 Å². The average molecular weight is 235 g/mol. The van der Waals surface area contributed by atoms with Crippen molar-refractivity contribution in [2.45, 2.75) is 32.7 Å². The first-order valence-corrected chi connectivity index (χ1v) is 6.23. The lowest BCUT2D eigenvalue weighted by molar-refractivity contribution is 0.667. The van der Waals surface area contributed by atoms with Crippen LogP contribution in [0.2, 0.25) is 0 Å². The van der Waals surface area contributed by atoms with Crippen LogP contribution in [-0.4, -0.2) is 26.2 Å². The lowest BCUT2D eigenvalue weighted by Crippen LogP contribution is -2.40. The fourth-order valence-corrected chi connectivity index (χ4v) is 1.92. The van der Waals surface area contributed by atoms with Gasteiger partial charge in [-0.1, -0.05) is 26.0 Å². The molecule has 0 saturated heterocycles.